The van der Waals surface area contributed by atoms with Crippen molar-refractivity contribution in [3.8, 4) is 0 Å². The molecule has 7 heteroatoms. The van der Waals surface area contributed by atoms with Gasteiger partial charge in [0.2, 0.25) is 5.91 Å². The summed E-state index contributed by atoms with van der Waals surface area (Å²) in [4.78, 5) is 18.3. The van der Waals surface area contributed by atoms with Gasteiger partial charge in [0.25, 0.3) is 10.0 Å². The summed E-state index contributed by atoms with van der Waals surface area (Å²) >= 11 is 0. The number of halogens is 1. The van der Waals surface area contributed by atoms with E-state index in [1.807, 2.05) is 6.07 Å². The van der Waals surface area contributed by atoms with Gasteiger partial charge >= 0.3 is 0 Å². The summed E-state index contributed by atoms with van der Waals surface area (Å²) in [6, 6.07) is 13.5. The molecule has 0 spiro atoms. The molecule has 3 aromatic rings. The molecule has 0 radical (unpaired) electrons. The van der Waals surface area contributed by atoms with E-state index in [0.29, 0.717) is 24.7 Å². The van der Waals surface area contributed by atoms with Gasteiger partial charge < -0.3 is 4.98 Å². The van der Waals surface area contributed by atoms with E-state index in [1.165, 1.54) is 16.8 Å². The molecule has 0 saturated heterocycles. The summed E-state index contributed by atoms with van der Waals surface area (Å²) in [7, 11) is -3.98. The minimum absolute atomic E-state index is 0.00438. The molecule has 2 aromatic carbocycles. The van der Waals surface area contributed by atoms with Crippen molar-refractivity contribution in [3.05, 3.63) is 77.3 Å². The molecule has 1 amide bonds. The Labute approximate surface area is 292 Å². The minimum Gasteiger partial charge on any atom is -0.358 e. The van der Waals surface area contributed by atoms with Crippen LogP contribution in [0.25, 0.3) is 10.9 Å². The predicted molar refractivity (Wildman–Crippen MR) is 193 cm³/mol. The number of allylic oxidation sites excluding steroid dienone is 2. The summed E-state index contributed by atoms with van der Waals surface area (Å²) < 4.78 is 44.2. The SMILES string of the molecule is CC1(C)CC[C@]2(C(=O)NS(=O)(=O)c3ccccc3)CC[C@]3(C)C(=CC[C@@H]4[C@@]5(C)Cc6c([nH]c7ccc(F)cc67)C(C)(C)[C@@H]5CC[C@]43C)[C@@H]2C1. The molecule has 3 fully saturated rings. The van der Waals surface area contributed by atoms with Gasteiger partial charge in [-0.1, -0.05) is 78.3 Å². The van der Waals surface area contributed by atoms with Gasteiger partial charge in [-0.15, -0.1) is 0 Å². The summed E-state index contributed by atoms with van der Waals surface area (Å²) in [5.41, 5.74) is 4.14. The Morgan fingerprint density at radius 1 is 0.898 bits per heavy atom. The smallest absolute Gasteiger partial charge is 0.264 e. The topological polar surface area (TPSA) is 79.0 Å². The summed E-state index contributed by atoms with van der Waals surface area (Å²) in [5.74, 6) is 0.389. The average molecular weight is 685 g/mol. The first-order valence-electron chi connectivity index (χ1n) is 18.5. The predicted octanol–water partition coefficient (Wildman–Crippen LogP) is 9.63. The highest BCUT2D eigenvalue weighted by Gasteiger charge is 2.69. The number of benzene rings is 2. The van der Waals surface area contributed by atoms with Crippen LogP contribution in [0, 0.1) is 50.6 Å². The summed E-state index contributed by atoms with van der Waals surface area (Å²) in [6.45, 7) is 17.0. The number of aromatic amines is 1. The first-order valence-corrected chi connectivity index (χ1v) is 20.0. The summed E-state index contributed by atoms with van der Waals surface area (Å²) in [5, 5.41) is 1.02. The fourth-order valence-electron chi connectivity index (χ4n) is 12.8. The lowest BCUT2D eigenvalue weighted by Crippen LogP contribution is -2.65. The van der Waals surface area contributed by atoms with Crippen molar-refractivity contribution in [1.29, 1.82) is 0 Å². The molecular formula is C42H53FN2O3S. The molecule has 2 N–H and O–H groups in total. The van der Waals surface area contributed by atoms with E-state index in [4.69, 9.17) is 0 Å². The second kappa shape index (κ2) is 10.3. The Morgan fingerprint density at radius 2 is 1.61 bits per heavy atom. The monoisotopic (exact) mass is 684 g/mol. The van der Waals surface area contributed by atoms with Crippen molar-refractivity contribution in [2.45, 2.75) is 117 Å². The Hall–Kier alpha value is -2.93. The maximum atomic E-state index is 14.6. The van der Waals surface area contributed by atoms with Crippen LogP contribution in [-0.4, -0.2) is 19.3 Å². The molecule has 8 rings (SSSR count). The standard InChI is InChI=1S/C42H53FN2O3S/c1-37(2)19-21-42(36(46)45-49(47,48)27-11-9-8-10-12-27)22-20-40(6)30(31(42)25-37)14-16-34-39(5)24-29-28-23-26(43)13-15-32(28)44-35(29)38(3,4)33(39)17-18-41(34,40)7/h8-15,23,31,33-34,44H,16-22,24-25H2,1-7H3,(H,45,46)/t31-,33-,34+,39-,40+,41+,42-/m0/s1. The van der Waals surface area contributed by atoms with Gasteiger partial charge in [0.1, 0.15) is 5.82 Å². The van der Waals surface area contributed by atoms with Crippen molar-refractivity contribution < 1.29 is 17.6 Å². The molecule has 7 atom stereocenters. The lowest BCUT2D eigenvalue weighted by atomic mass is 9.33. The first-order chi connectivity index (χ1) is 22.9. The van der Waals surface area contributed by atoms with Crippen molar-refractivity contribution in [2.24, 2.45) is 44.8 Å². The van der Waals surface area contributed by atoms with Crippen molar-refractivity contribution >= 4 is 26.8 Å². The number of rotatable bonds is 3. The maximum Gasteiger partial charge on any atom is 0.264 e. The van der Waals surface area contributed by atoms with Crippen LogP contribution in [0.5, 0.6) is 0 Å². The van der Waals surface area contributed by atoms with Crippen LogP contribution in [-0.2, 0) is 26.7 Å². The van der Waals surface area contributed by atoms with Crippen LogP contribution in [0.15, 0.2) is 65.1 Å². The molecule has 0 unspecified atom stereocenters. The van der Waals surface area contributed by atoms with E-state index in [1.54, 1.807) is 42.5 Å². The molecular weight excluding hydrogens is 632 g/mol. The number of amides is 1. The van der Waals surface area contributed by atoms with Crippen LogP contribution in [0.4, 0.5) is 4.39 Å². The molecule has 49 heavy (non-hydrogen) atoms. The molecule has 3 saturated carbocycles. The van der Waals surface area contributed by atoms with Gasteiger partial charge in [-0.05, 0) is 133 Å². The van der Waals surface area contributed by atoms with Crippen LogP contribution in [0.3, 0.4) is 0 Å². The Morgan fingerprint density at radius 3 is 2.35 bits per heavy atom. The number of aromatic nitrogens is 1. The zero-order chi connectivity index (χ0) is 35.0. The second-order valence-corrected chi connectivity index (χ2v) is 20.4. The average Bonchev–Trinajstić information content (AvgIpc) is 3.39. The lowest BCUT2D eigenvalue weighted by Gasteiger charge is -2.70. The highest BCUT2D eigenvalue weighted by molar-refractivity contribution is 7.90. The number of nitrogens with one attached hydrogen (secondary N) is 2. The third-order valence-corrected chi connectivity index (χ3v) is 16.9. The zero-order valence-electron chi connectivity index (χ0n) is 30.3. The van der Waals surface area contributed by atoms with Crippen LogP contribution in [0.1, 0.15) is 111 Å². The zero-order valence-corrected chi connectivity index (χ0v) is 31.1. The van der Waals surface area contributed by atoms with Gasteiger partial charge in [-0.3, -0.25) is 4.79 Å². The van der Waals surface area contributed by atoms with E-state index in [-0.39, 0.29) is 49.6 Å². The number of hydrogen-bond acceptors (Lipinski definition) is 3. The Balaban J connectivity index is 1.20. The third kappa shape index (κ3) is 4.45. The van der Waals surface area contributed by atoms with Gasteiger partial charge in [-0.25, -0.2) is 17.5 Å². The van der Waals surface area contributed by atoms with Gasteiger partial charge in [0.15, 0.2) is 0 Å². The third-order valence-electron chi connectivity index (χ3n) is 15.6. The normalized spacial score (nSPS) is 37.5. The number of sulfonamides is 1. The largest absolute Gasteiger partial charge is 0.358 e. The number of carbonyl (C=O) groups excluding carboxylic acids is 1. The Kier molecular flexibility index (Phi) is 7.00. The molecule has 0 aliphatic heterocycles. The molecule has 5 aliphatic rings. The number of fused-ring (bicyclic) bond motifs is 10. The Bertz CT molecular complexity index is 2010. The minimum atomic E-state index is -3.98. The second-order valence-electron chi connectivity index (χ2n) is 18.7. The van der Waals surface area contributed by atoms with Crippen molar-refractivity contribution in [3.63, 3.8) is 0 Å². The first kappa shape index (κ1) is 33.2. The van der Waals surface area contributed by atoms with E-state index < -0.39 is 15.4 Å². The van der Waals surface area contributed by atoms with Crippen molar-refractivity contribution in [2.75, 3.05) is 0 Å². The molecule has 262 valence electrons. The summed E-state index contributed by atoms with van der Waals surface area (Å²) in [6.07, 6.45) is 10.7. The molecule has 1 heterocycles. The number of carbonyl (C=O) groups is 1. The highest BCUT2D eigenvalue weighted by atomic mass is 32.2. The molecule has 5 aliphatic carbocycles. The highest BCUT2D eigenvalue weighted by Crippen LogP contribution is 2.75. The van der Waals surface area contributed by atoms with Crippen LogP contribution >= 0.6 is 0 Å². The molecule has 5 nitrogen and oxygen atoms in total. The van der Waals surface area contributed by atoms with Gasteiger partial charge in [0.05, 0.1) is 10.3 Å². The van der Waals surface area contributed by atoms with E-state index in [0.717, 1.165) is 55.8 Å². The lowest BCUT2D eigenvalue weighted by molar-refractivity contribution is -0.166. The van der Waals surface area contributed by atoms with Crippen LogP contribution in [0.2, 0.25) is 0 Å². The van der Waals surface area contributed by atoms with Gasteiger partial charge in [-0.2, -0.15) is 0 Å². The number of H-pyrrole nitrogens is 1. The molecule has 1 aromatic heterocycles. The maximum absolute atomic E-state index is 14.6. The molecule has 0 bridgehead atoms. The van der Waals surface area contributed by atoms with Crippen molar-refractivity contribution in [1.82, 2.24) is 9.71 Å². The van der Waals surface area contributed by atoms with Gasteiger partial charge in [0, 0.05) is 22.0 Å². The van der Waals surface area contributed by atoms with Crippen LogP contribution < -0.4 is 4.72 Å². The number of hydrogen-bond donors (Lipinski definition) is 2. The fraction of sp³-hybridized carbons (Fsp3) is 0.595. The van der Waals surface area contributed by atoms with E-state index >= 15 is 0 Å². The van der Waals surface area contributed by atoms with E-state index in [9.17, 15) is 17.6 Å². The fourth-order valence-corrected chi connectivity index (χ4v) is 13.9. The quantitative estimate of drug-likeness (QED) is 0.270. The van der Waals surface area contributed by atoms with E-state index in [2.05, 4.69) is 64.2 Å².